The lowest BCUT2D eigenvalue weighted by Crippen LogP contribution is -2.38. The van der Waals surface area contributed by atoms with Crippen molar-refractivity contribution in [1.82, 2.24) is 4.90 Å². The van der Waals surface area contributed by atoms with E-state index in [0.717, 1.165) is 31.8 Å². The monoisotopic (exact) mass is 277 g/mol. The summed E-state index contributed by atoms with van der Waals surface area (Å²) in [6.07, 6.45) is 2.05. The van der Waals surface area contributed by atoms with Crippen LogP contribution in [0.3, 0.4) is 0 Å². The highest BCUT2D eigenvalue weighted by Crippen LogP contribution is 2.24. The number of piperidine rings is 1. The van der Waals surface area contributed by atoms with Crippen LogP contribution in [0.2, 0.25) is 0 Å². The Labute approximate surface area is 122 Å². The smallest absolute Gasteiger partial charge is 0.0827 e. The third-order valence-corrected chi connectivity index (χ3v) is 4.34. The second-order valence-corrected chi connectivity index (χ2v) is 6.03. The van der Waals surface area contributed by atoms with Crippen LogP contribution in [0.15, 0.2) is 30.3 Å². The molecule has 1 aromatic carbocycles. The average molecular weight is 277 g/mol. The summed E-state index contributed by atoms with van der Waals surface area (Å²) in [6.45, 7) is 6.24. The molecule has 0 bridgehead atoms. The number of rotatable bonds is 6. The first-order chi connectivity index (χ1) is 9.70. The van der Waals surface area contributed by atoms with Gasteiger partial charge in [-0.25, -0.2) is 0 Å². The number of nitrogens with zero attached hydrogens (tertiary/aromatic N) is 1. The molecule has 2 unspecified atom stereocenters. The minimum absolute atomic E-state index is 0.261. The first-order valence-electron chi connectivity index (χ1n) is 7.65. The van der Waals surface area contributed by atoms with Crippen molar-refractivity contribution in [1.29, 1.82) is 0 Å². The van der Waals surface area contributed by atoms with E-state index < -0.39 is 0 Å². The highest BCUT2D eigenvalue weighted by molar-refractivity contribution is 5.17. The molecule has 1 aliphatic rings. The fourth-order valence-corrected chi connectivity index (χ4v) is 3.06. The van der Waals surface area contributed by atoms with Gasteiger partial charge in [-0.2, -0.15) is 0 Å². The molecule has 1 aromatic rings. The van der Waals surface area contributed by atoms with Crippen molar-refractivity contribution in [3.05, 3.63) is 35.9 Å². The zero-order chi connectivity index (χ0) is 14.4. The van der Waals surface area contributed by atoms with E-state index in [4.69, 9.17) is 4.74 Å². The Morgan fingerprint density at radius 3 is 2.50 bits per heavy atom. The quantitative estimate of drug-likeness (QED) is 0.868. The normalized spacial score (nSPS) is 20.8. The summed E-state index contributed by atoms with van der Waals surface area (Å²) in [5, 5.41) is 10.4. The van der Waals surface area contributed by atoms with Gasteiger partial charge in [-0.3, -0.25) is 0 Å². The largest absolute Gasteiger partial charge is 0.388 e. The van der Waals surface area contributed by atoms with E-state index in [0.29, 0.717) is 5.92 Å². The van der Waals surface area contributed by atoms with Crippen LogP contribution in [0.4, 0.5) is 0 Å². The molecule has 20 heavy (non-hydrogen) atoms. The number of aliphatic hydroxyl groups excluding tert-OH is 1. The molecule has 112 valence electrons. The predicted molar refractivity (Wildman–Crippen MR) is 81.6 cm³/mol. The standard InChI is InChI=1S/C17H27NO2/c1-14(17(19)16-6-4-3-5-7-16)12-18-10-8-15(9-11-18)13-20-2/h3-7,14-15,17,19H,8-13H2,1-2H3. The summed E-state index contributed by atoms with van der Waals surface area (Å²) in [5.74, 6) is 0.974. The SMILES string of the molecule is COCC1CCN(CC(C)C(O)c2ccccc2)CC1. The molecule has 3 heteroatoms. The molecule has 1 aliphatic heterocycles. The van der Waals surface area contributed by atoms with E-state index in [1.807, 2.05) is 30.3 Å². The number of methoxy groups -OCH3 is 1. The van der Waals surface area contributed by atoms with E-state index >= 15 is 0 Å². The lowest BCUT2D eigenvalue weighted by molar-refractivity contribution is 0.0604. The van der Waals surface area contributed by atoms with Gasteiger partial charge in [-0.05, 0) is 43.3 Å². The maximum atomic E-state index is 10.4. The fraction of sp³-hybridized carbons (Fsp3) is 0.647. The van der Waals surface area contributed by atoms with Crippen molar-refractivity contribution < 1.29 is 9.84 Å². The molecule has 1 heterocycles. The Bertz CT molecular complexity index is 374. The molecule has 0 aromatic heterocycles. The van der Waals surface area contributed by atoms with Crippen LogP contribution in [0, 0.1) is 11.8 Å². The zero-order valence-electron chi connectivity index (χ0n) is 12.7. The summed E-state index contributed by atoms with van der Waals surface area (Å²) in [6, 6.07) is 9.97. The van der Waals surface area contributed by atoms with Gasteiger partial charge in [0.15, 0.2) is 0 Å². The summed E-state index contributed by atoms with van der Waals surface area (Å²) < 4.78 is 5.24. The van der Waals surface area contributed by atoms with Crippen molar-refractivity contribution in [2.24, 2.45) is 11.8 Å². The molecule has 3 nitrogen and oxygen atoms in total. The molecule has 0 amide bonds. The van der Waals surface area contributed by atoms with Crippen LogP contribution in [0.5, 0.6) is 0 Å². The van der Waals surface area contributed by atoms with Crippen molar-refractivity contribution in [2.75, 3.05) is 33.4 Å². The van der Waals surface area contributed by atoms with E-state index in [1.54, 1.807) is 7.11 Å². The molecule has 2 atom stereocenters. The first kappa shape index (κ1) is 15.5. The van der Waals surface area contributed by atoms with Crippen molar-refractivity contribution in [2.45, 2.75) is 25.9 Å². The number of benzene rings is 1. The Balaban J connectivity index is 1.79. The maximum Gasteiger partial charge on any atom is 0.0827 e. The van der Waals surface area contributed by atoms with Crippen LogP contribution in [0.1, 0.15) is 31.4 Å². The number of hydrogen-bond donors (Lipinski definition) is 1. The molecule has 0 aliphatic carbocycles. The molecule has 1 fully saturated rings. The minimum atomic E-state index is -0.368. The van der Waals surface area contributed by atoms with Gasteiger partial charge in [0.25, 0.3) is 0 Å². The Morgan fingerprint density at radius 1 is 1.25 bits per heavy atom. The van der Waals surface area contributed by atoms with Crippen LogP contribution >= 0.6 is 0 Å². The van der Waals surface area contributed by atoms with Gasteiger partial charge >= 0.3 is 0 Å². The molecule has 1 N–H and O–H groups in total. The molecule has 0 radical (unpaired) electrons. The van der Waals surface area contributed by atoms with E-state index in [9.17, 15) is 5.11 Å². The number of hydrogen-bond acceptors (Lipinski definition) is 3. The lowest BCUT2D eigenvalue weighted by atomic mass is 9.94. The minimum Gasteiger partial charge on any atom is -0.388 e. The van der Waals surface area contributed by atoms with Gasteiger partial charge in [0, 0.05) is 20.3 Å². The predicted octanol–water partition coefficient (Wildman–Crippen LogP) is 2.71. The number of ether oxygens (including phenoxy) is 1. The van der Waals surface area contributed by atoms with Crippen LogP contribution in [-0.2, 0) is 4.74 Å². The lowest BCUT2D eigenvalue weighted by Gasteiger charge is -2.34. The van der Waals surface area contributed by atoms with Crippen molar-refractivity contribution in [3.63, 3.8) is 0 Å². The fourth-order valence-electron chi connectivity index (χ4n) is 3.06. The molecular weight excluding hydrogens is 250 g/mol. The molecule has 0 saturated carbocycles. The first-order valence-corrected chi connectivity index (χ1v) is 7.65. The summed E-state index contributed by atoms with van der Waals surface area (Å²) in [4.78, 5) is 2.48. The van der Waals surface area contributed by atoms with Crippen molar-refractivity contribution >= 4 is 0 Å². The highest BCUT2D eigenvalue weighted by atomic mass is 16.5. The summed E-state index contributed by atoms with van der Waals surface area (Å²) in [5.41, 5.74) is 1.02. The second kappa shape index (κ2) is 7.77. The molecular formula is C17H27NO2. The maximum absolute atomic E-state index is 10.4. The van der Waals surface area contributed by atoms with Gasteiger partial charge < -0.3 is 14.7 Å². The Morgan fingerprint density at radius 2 is 1.90 bits per heavy atom. The number of likely N-dealkylation sites (tertiary alicyclic amines) is 1. The van der Waals surface area contributed by atoms with Crippen molar-refractivity contribution in [3.8, 4) is 0 Å². The highest BCUT2D eigenvalue weighted by Gasteiger charge is 2.23. The van der Waals surface area contributed by atoms with Gasteiger partial charge in [0.05, 0.1) is 6.10 Å². The third-order valence-electron chi connectivity index (χ3n) is 4.34. The van der Waals surface area contributed by atoms with E-state index in [2.05, 4.69) is 11.8 Å². The van der Waals surface area contributed by atoms with E-state index in [-0.39, 0.29) is 12.0 Å². The topological polar surface area (TPSA) is 32.7 Å². The van der Waals surface area contributed by atoms with E-state index in [1.165, 1.54) is 12.8 Å². The molecule has 0 spiro atoms. The van der Waals surface area contributed by atoms with Gasteiger partial charge in [0.2, 0.25) is 0 Å². The third kappa shape index (κ3) is 4.30. The Hall–Kier alpha value is -0.900. The van der Waals surface area contributed by atoms with Crippen LogP contribution in [-0.4, -0.2) is 43.4 Å². The Kier molecular flexibility index (Phi) is 6.02. The van der Waals surface area contributed by atoms with Gasteiger partial charge in [-0.1, -0.05) is 37.3 Å². The average Bonchev–Trinajstić information content (AvgIpc) is 2.49. The van der Waals surface area contributed by atoms with Gasteiger partial charge in [0.1, 0.15) is 0 Å². The van der Waals surface area contributed by atoms with Crippen LogP contribution in [0.25, 0.3) is 0 Å². The zero-order valence-corrected chi connectivity index (χ0v) is 12.7. The summed E-state index contributed by atoms with van der Waals surface area (Å²) in [7, 11) is 1.78. The number of aliphatic hydroxyl groups is 1. The molecule has 2 rings (SSSR count). The van der Waals surface area contributed by atoms with Gasteiger partial charge in [-0.15, -0.1) is 0 Å². The van der Waals surface area contributed by atoms with Crippen LogP contribution < -0.4 is 0 Å². The summed E-state index contributed by atoms with van der Waals surface area (Å²) >= 11 is 0. The molecule has 1 saturated heterocycles. The second-order valence-electron chi connectivity index (χ2n) is 6.03.